The van der Waals surface area contributed by atoms with Gasteiger partial charge in [-0.3, -0.25) is 4.79 Å². The molecule has 0 saturated carbocycles. The Hall–Kier alpha value is -2.96. The Kier molecular flexibility index (Phi) is 4.05. The highest BCUT2D eigenvalue weighted by atomic mass is 16.5. The van der Waals surface area contributed by atoms with Crippen LogP contribution in [0.1, 0.15) is 29.1 Å². The van der Waals surface area contributed by atoms with Crippen LogP contribution in [0.4, 0.5) is 0 Å². The van der Waals surface area contributed by atoms with E-state index in [4.69, 9.17) is 4.52 Å². The van der Waals surface area contributed by atoms with Crippen LogP contribution in [0.3, 0.4) is 0 Å². The summed E-state index contributed by atoms with van der Waals surface area (Å²) in [5.41, 5.74) is 1.18. The fourth-order valence-electron chi connectivity index (χ4n) is 3.40. The number of aromatic nitrogens is 4. The minimum atomic E-state index is 0.00957. The molecule has 0 aliphatic carbocycles. The number of benzene rings is 1. The first-order chi connectivity index (χ1) is 12.2. The number of aryl methyl sites for hydroxylation is 1. The molecule has 2 unspecified atom stereocenters. The lowest BCUT2D eigenvalue weighted by atomic mass is 9.89. The minimum absolute atomic E-state index is 0.00957. The number of likely N-dealkylation sites (tertiary alicyclic amines) is 1. The van der Waals surface area contributed by atoms with Crippen molar-refractivity contribution in [2.24, 2.45) is 0 Å². The maximum absolute atomic E-state index is 12.7. The van der Waals surface area contributed by atoms with E-state index in [1.807, 2.05) is 23.1 Å². The van der Waals surface area contributed by atoms with Crippen molar-refractivity contribution >= 4 is 5.91 Å². The molecule has 0 bridgehead atoms. The molecule has 1 aliphatic heterocycles. The predicted molar refractivity (Wildman–Crippen MR) is 89.8 cm³/mol. The average Bonchev–Trinajstić information content (AvgIpc) is 3.35. The third kappa shape index (κ3) is 3.17. The Morgan fingerprint density at radius 3 is 2.72 bits per heavy atom. The van der Waals surface area contributed by atoms with Crippen LogP contribution in [0.25, 0.3) is 0 Å². The second-order valence-electron chi connectivity index (χ2n) is 6.34. The highest BCUT2D eigenvalue weighted by Gasteiger charge is 2.40. The molecule has 128 valence electrons. The van der Waals surface area contributed by atoms with Gasteiger partial charge in [0.1, 0.15) is 6.54 Å². The van der Waals surface area contributed by atoms with E-state index in [-0.39, 0.29) is 24.3 Å². The molecule has 3 heterocycles. The monoisotopic (exact) mass is 337 g/mol. The normalized spacial score (nSPS) is 20.1. The van der Waals surface area contributed by atoms with Crippen molar-refractivity contribution in [2.45, 2.75) is 25.3 Å². The van der Waals surface area contributed by atoms with E-state index in [2.05, 4.69) is 27.3 Å². The Labute approximate surface area is 145 Å². The van der Waals surface area contributed by atoms with Gasteiger partial charge in [0, 0.05) is 31.4 Å². The van der Waals surface area contributed by atoms with E-state index in [9.17, 15) is 4.79 Å². The highest BCUT2D eigenvalue weighted by molar-refractivity contribution is 5.76. The molecule has 1 aliphatic rings. The van der Waals surface area contributed by atoms with Crippen LogP contribution in [0.5, 0.6) is 0 Å². The van der Waals surface area contributed by atoms with E-state index in [0.717, 1.165) is 0 Å². The summed E-state index contributed by atoms with van der Waals surface area (Å²) in [6.07, 6.45) is 5.12. The van der Waals surface area contributed by atoms with Gasteiger partial charge < -0.3 is 14.0 Å². The maximum atomic E-state index is 12.7. The molecular weight excluding hydrogens is 318 g/mol. The van der Waals surface area contributed by atoms with Crippen LogP contribution < -0.4 is 0 Å². The fourth-order valence-corrected chi connectivity index (χ4v) is 3.40. The summed E-state index contributed by atoms with van der Waals surface area (Å²) in [5, 5.41) is 3.92. The Morgan fingerprint density at radius 2 is 2.04 bits per heavy atom. The van der Waals surface area contributed by atoms with E-state index in [1.54, 1.807) is 30.2 Å². The van der Waals surface area contributed by atoms with Gasteiger partial charge in [0.25, 0.3) is 0 Å². The van der Waals surface area contributed by atoms with Crippen LogP contribution in [-0.2, 0) is 11.3 Å². The van der Waals surface area contributed by atoms with Gasteiger partial charge in [0.05, 0.1) is 12.2 Å². The maximum Gasteiger partial charge on any atom is 0.242 e. The summed E-state index contributed by atoms with van der Waals surface area (Å²) in [6.45, 7) is 3.32. The Balaban J connectivity index is 1.59. The smallest absolute Gasteiger partial charge is 0.242 e. The first kappa shape index (κ1) is 15.6. The lowest BCUT2D eigenvalue weighted by Crippen LogP contribution is -2.31. The van der Waals surface area contributed by atoms with Crippen LogP contribution in [0.2, 0.25) is 0 Å². The van der Waals surface area contributed by atoms with Gasteiger partial charge in [-0.25, -0.2) is 4.98 Å². The van der Waals surface area contributed by atoms with Crippen LogP contribution in [0, 0.1) is 6.92 Å². The number of nitrogens with zero attached hydrogens (tertiary/aromatic N) is 5. The molecule has 1 fully saturated rings. The van der Waals surface area contributed by atoms with Gasteiger partial charge in [-0.05, 0) is 12.5 Å². The first-order valence-corrected chi connectivity index (χ1v) is 8.29. The molecule has 7 heteroatoms. The van der Waals surface area contributed by atoms with Gasteiger partial charge in [-0.1, -0.05) is 35.5 Å². The second-order valence-corrected chi connectivity index (χ2v) is 6.34. The van der Waals surface area contributed by atoms with E-state index < -0.39 is 0 Å². The van der Waals surface area contributed by atoms with Crippen molar-refractivity contribution < 1.29 is 9.32 Å². The molecule has 2 aromatic heterocycles. The number of carbonyl (C=O) groups excluding carboxylic acids is 1. The molecule has 2 atom stereocenters. The quantitative estimate of drug-likeness (QED) is 0.727. The third-order valence-corrected chi connectivity index (χ3v) is 4.64. The summed E-state index contributed by atoms with van der Waals surface area (Å²) < 4.78 is 7.20. The predicted octanol–water partition coefficient (Wildman–Crippen LogP) is 1.98. The molecule has 1 amide bonds. The summed E-state index contributed by atoms with van der Waals surface area (Å²) >= 11 is 0. The zero-order chi connectivity index (χ0) is 17.2. The van der Waals surface area contributed by atoms with Crippen LogP contribution >= 0.6 is 0 Å². The molecule has 0 spiro atoms. The first-order valence-electron chi connectivity index (χ1n) is 8.29. The molecule has 7 nitrogen and oxygen atoms in total. The number of carbonyl (C=O) groups is 1. The SMILES string of the molecule is Cc1noc(C2CN(C(=O)Cn3ccnc3)CC2c2ccccc2)n1. The topological polar surface area (TPSA) is 77.0 Å². The van der Waals surface area contributed by atoms with Gasteiger partial charge in [0.15, 0.2) is 5.82 Å². The van der Waals surface area contributed by atoms with E-state index >= 15 is 0 Å². The van der Waals surface area contributed by atoms with Crippen molar-refractivity contribution in [1.82, 2.24) is 24.6 Å². The number of imidazole rings is 1. The van der Waals surface area contributed by atoms with Crippen molar-refractivity contribution in [3.63, 3.8) is 0 Å². The van der Waals surface area contributed by atoms with Gasteiger partial charge in [0.2, 0.25) is 11.8 Å². The zero-order valence-corrected chi connectivity index (χ0v) is 13.9. The molecule has 1 saturated heterocycles. The molecule has 0 radical (unpaired) electrons. The largest absolute Gasteiger partial charge is 0.340 e. The Morgan fingerprint density at radius 1 is 1.24 bits per heavy atom. The minimum Gasteiger partial charge on any atom is -0.340 e. The van der Waals surface area contributed by atoms with Crippen molar-refractivity contribution in [2.75, 3.05) is 13.1 Å². The van der Waals surface area contributed by atoms with E-state index in [0.29, 0.717) is 24.8 Å². The lowest BCUT2D eigenvalue weighted by Gasteiger charge is -2.16. The molecule has 4 rings (SSSR count). The average molecular weight is 337 g/mol. The number of hydrogen-bond donors (Lipinski definition) is 0. The van der Waals surface area contributed by atoms with E-state index in [1.165, 1.54) is 5.56 Å². The summed E-state index contributed by atoms with van der Waals surface area (Å²) in [4.78, 5) is 23.0. The molecular formula is C18H19N5O2. The standard InChI is InChI=1S/C18H19N5O2/c1-13-20-18(25-21-13)16-10-23(17(24)11-22-8-7-19-12-22)9-15(16)14-5-3-2-4-6-14/h2-8,12,15-16H,9-11H2,1H3. The number of amides is 1. The summed E-state index contributed by atoms with van der Waals surface area (Å²) in [7, 11) is 0. The molecule has 25 heavy (non-hydrogen) atoms. The molecule has 0 N–H and O–H groups in total. The van der Waals surface area contributed by atoms with Crippen molar-refractivity contribution in [3.8, 4) is 0 Å². The van der Waals surface area contributed by atoms with Crippen molar-refractivity contribution in [3.05, 3.63) is 66.3 Å². The van der Waals surface area contributed by atoms with Crippen LogP contribution in [0.15, 0.2) is 53.6 Å². The van der Waals surface area contributed by atoms with Gasteiger partial charge in [-0.2, -0.15) is 4.98 Å². The van der Waals surface area contributed by atoms with Crippen molar-refractivity contribution in [1.29, 1.82) is 0 Å². The number of rotatable bonds is 4. The third-order valence-electron chi connectivity index (χ3n) is 4.64. The Bertz CT molecular complexity index is 844. The fraction of sp³-hybridized carbons (Fsp3) is 0.333. The zero-order valence-electron chi connectivity index (χ0n) is 13.9. The highest BCUT2D eigenvalue weighted by Crippen LogP contribution is 2.39. The van der Waals surface area contributed by atoms with Gasteiger partial charge in [-0.15, -0.1) is 0 Å². The van der Waals surface area contributed by atoms with Gasteiger partial charge >= 0.3 is 0 Å². The summed E-state index contributed by atoms with van der Waals surface area (Å²) in [6, 6.07) is 10.2. The molecule has 3 aromatic rings. The number of hydrogen-bond acceptors (Lipinski definition) is 5. The summed E-state index contributed by atoms with van der Waals surface area (Å²) in [5.74, 6) is 1.44. The second kappa shape index (κ2) is 6.51. The molecule has 1 aromatic carbocycles. The lowest BCUT2D eigenvalue weighted by molar-refractivity contribution is -0.130. The van der Waals surface area contributed by atoms with Crippen LogP contribution in [-0.4, -0.2) is 43.6 Å².